The Balaban J connectivity index is 0.000000280. The molecule has 0 unspecified atom stereocenters. The van der Waals surface area contributed by atoms with Crippen LogP contribution < -0.4 is 27.0 Å². The number of primary amides is 1. The molecular formula is C78H98N6O17. The summed E-state index contributed by atoms with van der Waals surface area (Å²) in [5.41, 5.74) is 14.7. The van der Waals surface area contributed by atoms with Gasteiger partial charge >= 0.3 is 24.2 Å². The number of non-ortho nitro benzene ring substituents is 1. The Bertz CT molecular complexity index is 3730. The van der Waals surface area contributed by atoms with Crippen LogP contribution in [0.3, 0.4) is 0 Å². The number of hydrogen-bond donors (Lipinski definition) is 8. The van der Waals surface area contributed by atoms with Crippen molar-refractivity contribution < 1.29 is 77.5 Å². The van der Waals surface area contributed by atoms with E-state index >= 15 is 0 Å². The molecule has 0 aliphatic heterocycles. The Morgan fingerprint density at radius 3 is 1.34 bits per heavy atom. The van der Waals surface area contributed by atoms with Crippen LogP contribution in [0.5, 0.6) is 0 Å². The van der Waals surface area contributed by atoms with Crippen LogP contribution in [0.25, 0.3) is 22.3 Å². The van der Waals surface area contributed by atoms with Crippen LogP contribution in [0, 0.1) is 27.9 Å². The second-order valence-corrected chi connectivity index (χ2v) is 28.0. The first-order chi connectivity index (χ1) is 47.7. The molecule has 0 spiro atoms. The number of benzene rings is 6. The first-order valence-corrected chi connectivity index (χ1v) is 34.0. The number of nitrogens with two attached hydrogens (primary N) is 1. The number of esters is 1. The molecular weight excluding hydrogens is 1290 g/mol. The lowest BCUT2D eigenvalue weighted by atomic mass is 9.90. The number of alkyl carbamates (subject to hydrolysis) is 3. The minimum atomic E-state index is -1.02. The molecule has 6 aromatic carbocycles. The van der Waals surface area contributed by atoms with Crippen LogP contribution >= 0.6 is 0 Å². The Hall–Kier alpha value is -9.84. The van der Waals surface area contributed by atoms with E-state index in [4.69, 9.17) is 29.8 Å². The summed E-state index contributed by atoms with van der Waals surface area (Å²) in [5, 5.41) is 51.2. The lowest BCUT2D eigenvalue weighted by Crippen LogP contribution is -2.46. The quantitative estimate of drug-likeness (QED) is 0.00743. The number of Topliss-reactive ketones (excluding diaryl/α,β-unsaturated/α-hetero) is 2. The van der Waals surface area contributed by atoms with Crippen molar-refractivity contribution in [1.82, 2.24) is 21.3 Å². The summed E-state index contributed by atoms with van der Waals surface area (Å²) in [6.07, 6.45) is -2.68. The van der Waals surface area contributed by atoms with Crippen LogP contribution in [-0.4, -0.2) is 123 Å². The Kier molecular flexibility index (Phi) is 29.4. The fourth-order valence-electron chi connectivity index (χ4n) is 11.9. The van der Waals surface area contributed by atoms with E-state index in [2.05, 4.69) is 45.5 Å². The van der Waals surface area contributed by atoms with Crippen LogP contribution in [0.2, 0.25) is 0 Å². The number of hydrogen-bond acceptors (Lipinski definition) is 17. The van der Waals surface area contributed by atoms with Gasteiger partial charge < -0.3 is 61.3 Å². The summed E-state index contributed by atoms with van der Waals surface area (Å²) >= 11 is 0. The van der Waals surface area contributed by atoms with Gasteiger partial charge in [-0.1, -0.05) is 155 Å². The maximum Gasteiger partial charge on any atom is 0.407 e. The number of fused-ring (bicyclic) bond motifs is 6. The molecule has 0 fully saturated rings. The normalized spacial score (nSPS) is 14.3. The highest BCUT2D eigenvalue weighted by Crippen LogP contribution is 2.46. The van der Waals surface area contributed by atoms with Gasteiger partial charge in [-0.25, -0.2) is 14.4 Å². The van der Waals surface area contributed by atoms with E-state index in [9.17, 15) is 58.7 Å². The summed E-state index contributed by atoms with van der Waals surface area (Å²) in [7, 11) is 0. The lowest BCUT2D eigenvalue weighted by molar-refractivity contribution is -0.384. The minimum absolute atomic E-state index is 0.00156. The number of ketones is 2. The van der Waals surface area contributed by atoms with Crippen LogP contribution in [0.1, 0.15) is 178 Å². The van der Waals surface area contributed by atoms with Gasteiger partial charge in [-0.15, -0.1) is 0 Å². The summed E-state index contributed by atoms with van der Waals surface area (Å²) in [4.78, 5) is 110. The molecule has 2 aliphatic rings. The predicted octanol–water partition coefficient (Wildman–Crippen LogP) is 11.9. The number of nitrogens with one attached hydrogen (secondary N) is 4. The highest BCUT2D eigenvalue weighted by atomic mass is 16.6. The Morgan fingerprint density at radius 2 is 0.950 bits per heavy atom. The smallest absolute Gasteiger partial charge is 0.407 e. The average Bonchev–Trinajstić information content (AvgIpc) is 1.62. The molecule has 0 saturated carbocycles. The van der Waals surface area contributed by atoms with Gasteiger partial charge in [0.15, 0.2) is 11.6 Å². The fraction of sp³-hybridized carbons (Fsp3) is 0.436. The molecule has 2 aliphatic carbocycles. The fourth-order valence-corrected chi connectivity index (χ4v) is 11.9. The van der Waals surface area contributed by atoms with Crippen LogP contribution in [0.4, 0.5) is 20.1 Å². The maximum absolute atomic E-state index is 13.7. The summed E-state index contributed by atoms with van der Waals surface area (Å²) < 4.78 is 21.6. The topological polar surface area (TPSA) is 351 Å². The molecule has 542 valence electrons. The van der Waals surface area contributed by atoms with Crippen LogP contribution in [-0.2, 0) is 49.3 Å². The second kappa shape index (κ2) is 37.0. The molecule has 0 radical (unpaired) electrons. The Labute approximate surface area is 590 Å². The molecule has 7 atom stereocenters. The van der Waals surface area contributed by atoms with E-state index in [1.807, 2.05) is 100 Å². The number of nitro groups is 1. The van der Waals surface area contributed by atoms with Crippen molar-refractivity contribution in [3.63, 3.8) is 0 Å². The Morgan fingerprint density at radius 1 is 0.535 bits per heavy atom. The zero-order chi connectivity index (χ0) is 74.5. The number of carbonyl (C=O) groups excluding carboxylic acids is 8. The number of aliphatic hydroxyl groups is 3. The van der Waals surface area contributed by atoms with Gasteiger partial charge in [-0.3, -0.25) is 34.1 Å². The molecule has 9 N–H and O–H groups in total. The molecule has 0 bridgehead atoms. The van der Waals surface area contributed by atoms with Crippen molar-refractivity contribution in [3.8, 4) is 22.3 Å². The number of carbonyl (C=O) groups is 8. The number of amides is 5. The summed E-state index contributed by atoms with van der Waals surface area (Å²) in [5.74, 6) is -3.24. The molecule has 101 heavy (non-hydrogen) atoms. The standard InChI is InChI=1S/C43H55N3O8.C21H23NO4.C14H20N2O5/c1-26(2)34(24-39(49)53-25-35-32-15-9-7-13-30(32)31-14-8-10-16-33(31)35)41(51)46-36(17-11-12-18-38(44)48)37(47)23-28-19-21-29(22-20-28)40(50)27(3)45-42(52)54-43(4,5)6;1-13(2)20(19(24)11-23)22-21(25)26-12-18-16-9-5-3-7-14(16)15-8-4-6-10-17(15)18;1-9(15-13(18)21-14(2,3)4)12(17)10-5-7-11(8-6-10)16(19)20/h7-10,13-16,19-22,26-27,34-36,40,50H,11-12,17-18,23-25H2,1-6H3,(H2,44,48)(H,45,52)(H,46,51);3-10,13,18,20,23H,11-12H2,1-2H3,(H,22,25);5-9,12,17H,1-4H3,(H,15,18)/t27-,34+,36+,40-;20-;9-,12-/m101/s1. The van der Waals surface area contributed by atoms with Crippen molar-refractivity contribution in [2.24, 2.45) is 23.5 Å². The number of nitro benzene ring substituents is 1. The first-order valence-electron chi connectivity index (χ1n) is 34.0. The van der Waals surface area contributed by atoms with Gasteiger partial charge in [0.2, 0.25) is 11.8 Å². The van der Waals surface area contributed by atoms with E-state index in [-0.39, 0.29) is 74.0 Å². The van der Waals surface area contributed by atoms with Crippen molar-refractivity contribution >= 4 is 53.3 Å². The molecule has 8 rings (SSSR count). The van der Waals surface area contributed by atoms with Crippen molar-refractivity contribution in [3.05, 3.63) is 195 Å². The van der Waals surface area contributed by atoms with Crippen LogP contribution in [0.15, 0.2) is 146 Å². The number of nitrogens with zero attached hydrogens (tertiary/aromatic N) is 1. The molecule has 6 aromatic rings. The van der Waals surface area contributed by atoms with E-state index in [0.29, 0.717) is 29.5 Å². The van der Waals surface area contributed by atoms with Gasteiger partial charge in [-0.05, 0) is 153 Å². The number of aliphatic hydroxyl groups excluding tert-OH is 3. The van der Waals surface area contributed by atoms with Crippen molar-refractivity contribution in [2.75, 3.05) is 19.8 Å². The molecule has 23 heteroatoms. The summed E-state index contributed by atoms with van der Waals surface area (Å²) in [6.45, 7) is 20.8. The zero-order valence-corrected chi connectivity index (χ0v) is 59.7. The first kappa shape index (κ1) is 80.1. The molecule has 23 nitrogen and oxygen atoms in total. The third-order valence-corrected chi connectivity index (χ3v) is 17.1. The molecule has 0 saturated heterocycles. The van der Waals surface area contributed by atoms with Gasteiger partial charge in [0.05, 0.1) is 53.6 Å². The van der Waals surface area contributed by atoms with Gasteiger partial charge in [-0.2, -0.15) is 0 Å². The number of unbranched alkanes of at least 4 members (excludes halogenated alkanes) is 1. The van der Waals surface area contributed by atoms with Gasteiger partial charge in [0.25, 0.3) is 5.69 Å². The monoisotopic (exact) mass is 1390 g/mol. The predicted molar refractivity (Wildman–Crippen MR) is 382 cm³/mol. The second-order valence-electron chi connectivity index (χ2n) is 28.0. The lowest BCUT2D eigenvalue weighted by Gasteiger charge is -2.25. The summed E-state index contributed by atoms with van der Waals surface area (Å²) in [6, 6.07) is 41.8. The van der Waals surface area contributed by atoms with Crippen molar-refractivity contribution in [2.45, 2.75) is 181 Å². The number of ether oxygens (including phenoxy) is 4. The minimum Gasteiger partial charge on any atom is -0.465 e. The third kappa shape index (κ3) is 23.9. The van der Waals surface area contributed by atoms with Crippen molar-refractivity contribution in [1.29, 1.82) is 0 Å². The van der Waals surface area contributed by atoms with Gasteiger partial charge in [0, 0.05) is 36.8 Å². The molecule has 5 amide bonds. The highest BCUT2D eigenvalue weighted by Gasteiger charge is 2.35. The molecule has 0 heterocycles. The van der Waals surface area contributed by atoms with E-state index < -0.39 is 107 Å². The van der Waals surface area contributed by atoms with E-state index in [1.54, 1.807) is 79.7 Å². The highest BCUT2D eigenvalue weighted by molar-refractivity contribution is 5.92. The van der Waals surface area contributed by atoms with E-state index in [0.717, 1.165) is 44.5 Å². The zero-order valence-electron chi connectivity index (χ0n) is 59.7. The molecule has 0 aromatic heterocycles. The number of rotatable bonds is 28. The maximum atomic E-state index is 13.7. The van der Waals surface area contributed by atoms with Gasteiger partial charge in [0.1, 0.15) is 31.0 Å². The average molecular weight is 1390 g/mol. The van der Waals surface area contributed by atoms with E-state index in [1.165, 1.54) is 24.3 Å². The SMILES string of the molecule is CC(C)[C@H](CC(=O)OCC1c2ccccc2-c2ccccc21)C(=O)N[C@@H](CCCCC(N)=O)C(=O)Cc1ccc([C@H](O)[C@@H](C)NC(=O)OC(C)(C)C)cc1.CC(C)[C@H](NC(=O)OCC1c2ccccc2-c2ccccc21)C(=O)CO.C[C@@H](NC(=O)OC(C)(C)C)[C@@H](O)c1ccc([N+](=O)[O-])cc1. The third-order valence-electron chi connectivity index (χ3n) is 17.1. The largest absolute Gasteiger partial charge is 0.465 e.